The minimum atomic E-state index is -4.22. The Morgan fingerprint density at radius 1 is 1.56 bits per heavy atom. The molecule has 0 fully saturated rings. The van der Waals surface area contributed by atoms with E-state index in [1.165, 1.54) is 0 Å². The van der Waals surface area contributed by atoms with Gasteiger partial charge in [-0.25, -0.2) is 4.98 Å². The maximum absolute atomic E-state index is 10.1. The predicted molar refractivity (Wildman–Crippen MR) is 27.0 cm³/mol. The van der Waals surface area contributed by atoms with E-state index in [1.54, 1.807) is 0 Å². The molecule has 0 spiro atoms. The molecule has 1 N–H and O–H groups in total. The van der Waals surface area contributed by atoms with E-state index >= 15 is 0 Å². The summed E-state index contributed by atoms with van der Waals surface area (Å²) in [4.78, 5) is 3.30. The van der Waals surface area contributed by atoms with Crippen molar-refractivity contribution in [1.29, 1.82) is 0 Å². The van der Waals surface area contributed by atoms with Gasteiger partial charge in [-0.1, -0.05) is 0 Å². The molecule has 9 heavy (non-hydrogen) atoms. The molecule has 0 saturated heterocycles. The monoisotopic (exact) mass is 149 g/mol. The second-order valence-electron chi connectivity index (χ2n) is 1.25. The highest BCUT2D eigenvalue weighted by molar-refractivity contribution is 7.84. The smallest absolute Gasteiger partial charge is 0.268 e. The topological polar surface area (TPSA) is 85.1 Å². The highest BCUT2D eigenvalue weighted by Crippen LogP contribution is 1.84. The van der Waals surface area contributed by atoms with Crippen molar-refractivity contribution in [3.05, 3.63) is 12.7 Å². The molecule has 50 valence electrons. The summed E-state index contributed by atoms with van der Waals surface area (Å²) in [6.45, 7) is 0. The molecule has 1 aromatic rings. The van der Waals surface area contributed by atoms with Crippen molar-refractivity contribution >= 4 is 10.3 Å². The van der Waals surface area contributed by atoms with Crippen LogP contribution in [0.5, 0.6) is 0 Å². The molecule has 1 heterocycles. The van der Waals surface area contributed by atoms with Gasteiger partial charge in [0.2, 0.25) is 0 Å². The lowest BCUT2D eigenvalue weighted by Crippen LogP contribution is -2.10. The largest absolute Gasteiger partial charge is 0.380 e. The first-order valence-electron chi connectivity index (χ1n) is 1.93. The molecule has 1 rings (SSSR count). The van der Waals surface area contributed by atoms with Crippen LogP contribution in [0.3, 0.4) is 0 Å². The Kier molecular flexibility index (Phi) is 1.22. The molecule has 0 aromatic carbocycles. The fourth-order valence-corrected chi connectivity index (χ4v) is 0.651. The van der Waals surface area contributed by atoms with Gasteiger partial charge in [0.25, 0.3) is 0 Å². The van der Waals surface area contributed by atoms with Crippen molar-refractivity contribution in [2.75, 3.05) is 0 Å². The summed E-state index contributed by atoms with van der Waals surface area (Å²) in [5.74, 6) is 0. The third-order valence-corrected chi connectivity index (χ3v) is 1.30. The Hall–Kier alpha value is -0.950. The lowest BCUT2D eigenvalue weighted by atomic mass is 11.3. The van der Waals surface area contributed by atoms with Crippen LogP contribution in [0.25, 0.3) is 0 Å². The van der Waals surface area contributed by atoms with Gasteiger partial charge in [-0.15, -0.1) is 9.19 Å². The summed E-state index contributed by atoms with van der Waals surface area (Å²) in [6.07, 6.45) is 1.89. The highest BCUT2D eigenvalue weighted by Gasteiger charge is 2.05. The summed E-state index contributed by atoms with van der Waals surface area (Å²) in [5, 5.41) is 3.16. The summed E-state index contributed by atoms with van der Waals surface area (Å²) in [7, 11) is -4.22. The van der Waals surface area contributed by atoms with Gasteiger partial charge in [-0.2, -0.15) is 8.42 Å². The highest BCUT2D eigenvalue weighted by atomic mass is 32.2. The van der Waals surface area contributed by atoms with Crippen LogP contribution in [-0.4, -0.2) is 27.1 Å². The van der Waals surface area contributed by atoms with E-state index in [0.717, 1.165) is 12.7 Å². The van der Waals surface area contributed by atoms with Crippen LogP contribution >= 0.6 is 0 Å². The molecule has 0 aliphatic carbocycles. The van der Waals surface area contributed by atoms with Gasteiger partial charge in [0, 0.05) is 0 Å². The molecular weight excluding hydrogens is 146 g/mol. The normalized spacial score (nSPS) is 11.7. The van der Waals surface area contributed by atoms with Gasteiger partial charge in [-0.05, 0) is 0 Å². The molecule has 0 bridgehead atoms. The van der Waals surface area contributed by atoms with Gasteiger partial charge >= 0.3 is 10.3 Å². The van der Waals surface area contributed by atoms with Crippen LogP contribution in [0.15, 0.2) is 12.7 Å². The first kappa shape index (κ1) is 6.17. The summed E-state index contributed by atoms with van der Waals surface area (Å²) >= 11 is 0. The van der Waals surface area contributed by atoms with Crippen molar-refractivity contribution in [2.45, 2.75) is 0 Å². The van der Waals surface area contributed by atoms with E-state index in [0.29, 0.717) is 4.09 Å². The van der Waals surface area contributed by atoms with Gasteiger partial charge in [0.15, 0.2) is 0 Å². The van der Waals surface area contributed by atoms with E-state index in [1.807, 2.05) is 0 Å². The molecule has 0 atom stereocenters. The summed E-state index contributed by atoms with van der Waals surface area (Å²) < 4.78 is 28.8. The van der Waals surface area contributed by atoms with Gasteiger partial charge in [-0.3, -0.25) is 4.55 Å². The standard InChI is InChI=1S/C2H3N3O3S/c6-9(7,8)5-2-3-1-4-5/h1-2H,(H,6,7,8). The Balaban J connectivity index is 3.20. The molecule has 0 unspecified atom stereocenters. The van der Waals surface area contributed by atoms with Crippen LogP contribution in [0.1, 0.15) is 0 Å². The number of hydrogen-bond donors (Lipinski definition) is 1. The van der Waals surface area contributed by atoms with E-state index in [4.69, 9.17) is 4.55 Å². The summed E-state index contributed by atoms with van der Waals surface area (Å²) in [5.41, 5.74) is 0. The zero-order valence-electron chi connectivity index (χ0n) is 4.17. The first-order chi connectivity index (χ1) is 4.11. The molecular formula is C2H3N3O3S. The third kappa shape index (κ3) is 1.24. The molecule has 0 aliphatic heterocycles. The Bertz CT molecular complexity index is 274. The molecule has 0 amide bonds. The zero-order chi connectivity index (χ0) is 6.91. The van der Waals surface area contributed by atoms with E-state index < -0.39 is 10.3 Å². The number of rotatable bonds is 1. The Morgan fingerprint density at radius 2 is 2.22 bits per heavy atom. The predicted octanol–water partition coefficient (Wildman–Crippen LogP) is -1.07. The van der Waals surface area contributed by atoms with Crippen molar-refractivity contribution in [3.8, 4) is 0 Å². The lowest BCUT2D eigenvalue weighted by molar-refractivity contribution is 0.465. The van der Waals surface area contributed by atoms with Crippen molar-refractivity contribution < 1.29 is 13.0 Å². The van der Waals surface area contributed by atoms with Gasteiger partial charge < -0.3 is 0 Å². The fraction of sp³-hybridized carbons (Fsp3) is 0. The quantitative estimate of drug-likeness (QED) is 0.514. The average molecular weight is 149 g/mol. The Morgan fingerprint density at radius 3 is 2.44 bits per heavy atom. The van der Waals surface area contributed by atoms with Gasteiger partial charge in [0.1, 0.15) is 12.7 Å². The third-order valence-electron chi connectivity index (χ3n) is 0.634. The van der Waals surface area contributed by atoms with E-state index in [-0.39, 0.29) is 0 Å². The number of nitrogens with zero attached hydrogens (tertiary/aromatic N) is 3. The van der Waals surface area contributed by atoms with Crippen LogP contribution in [0.4, 0.5) is 0 Å². The molecule has 0 saturated carbocycles. The summed E-state index contributed by atoms with van der Waals surface area (Å²) in [6, 6.07) is 0. The van der Waals surface area contributed by atoms with E-state index in [2.05, 4.69) is 10.1 Å². The maximum atomic E-state index is 10.1. The van der Waals surface area contributed by atoms with Crippen molar-refractivity contribution in [1.82, 2.24) is 14.2 Å². The number of hydrogen-bond acceptors (Lipinski definition) is 4. The maximum Gasteiger partial charge on any atom is 0.380 e. The molecule has 6 nitrogen and oxygen atoms in total. The van der Waals surface area contributed by atoms with Crippen molar-refractivity contribution in [3.63, 3.8) is 0 Å². The van der Waals surface area contributed by atoms with Crippen molar-refractivity contribution in [2.24, 2.45) is 0 Å². The minimum Gasteiger partial charge on any atom is -0.268 e. The SMILES string of the molecule is O=S(=O)(O)n1cncn1. The average Bonchev–Trinajstić information content (AvgIpc) is 2.08. The van der Waals surface area contributed by atoms with Crippen LogP contribution in [-0.2, 0) is 10.3 Å². The van der Waals surface area contributed by atoms with Crippen LogP contribution in [0.2, 0.25) is 0 Å². The molecule has 7 heteroatoms. The second-order valence-corrected chi connectivity index (χ2v) is 2.52. The number of aromatic nitrogens is 3. The zero-order valence-corrected chi connectivity index (χ0v) is 4.98. The molecule has 0 radical (unpaired) electrons. The fourth-order valence-electron chi connectivity index (χ4n) is 0.317. The van der Waals surface area contributed by atoms with Crippen LogP contribution < -0.4 is 0 Å². The lowest BCUT2D eigenvalue weighted by Gasteiger charge is -1.88. The van der Waals surface area contributed by atoms with Crippen LogP contribution in [0, 0.1) is 0 Å². The van der Waals surface area contributed by atoms with Gasteiger partial charge in [0.05, 0.1) is 0 Å². The van der Waals surface area contributed by atoms with E-state index in [9.17, 15) is 8.42 Å². The molecule has 1 aromatic heterocycles. The first-order valence-corrected chi connectivity index (χ1v) is 3.33. The minimum absolute atomic E-state index is 0.354. The molecule has 0 aliphatic rings. The second kappa shape index (κ2) is 1.78. The Labute approximate surface area is 51.0 Å².